The maximum atomic E-state index is 13.3. The van der Waals surface area contributed by atoms with E-state index in [2.05, 4.69) is 16.4 Å². The third kappa shape index (κ3) is 2.81. The van der Waals surface area contributed by atoms with Gasteiger partial charge in [-0.15, -0.1) is 0 Å². The summed E-state index contributed by atoms with van der Waals surface area (Å²) >= 11 is 0. The van der Waals surface area contributed by atoms with Crippen molar-refractivity contribution in [1.29, 1.82) is 0 Å². The number of hydrogen-bond donors (Lipinski definition) is 1. The predicted molar refractivity (Wildman–Crippen MR) is 111 cm³/mol. The zero-order valence-electron chi connectivity index (χ0n) is 16.9. The molecular formula is C23H22N4O3. The SMILES string of the molecule is Cc1ccn2c(=O)cc(CN3C(=O)NC(C)(c4ccc5c(c4)CCC5)C3=O)nc2c1. The maximum Gasteiger partial charge on any atom is 0.325 e. The fourth-order valence-corrected chi connectivity index (χ4v) is 4.42. The maximum absolute atomic E-state index is 13.3. The predicted octanol–water partition coefficient (Wildman–Crippen LogP) is 2.46. The highest BCUT2D eigenvalue weighted by molar-refractivity contribution is 6.07. The molecule has 3 amide bonds. The quantitative estimate of drug-likeness (QED) is 0.682. The molecule has 0 radical (unpaired) electrons. The fraction of sp³-hybridized carbons (Fsp3) is 0.304. The van der Waals surface area contributed by atoms with Crippen LogP contribution < -0.4 is 10.9 Å². The Balaban J connectivity index is 1.48. The van der Waals surface area contributed by atoms with E-state index in [9.17, 15) is 14.4 Å². The highest BCUT2D eigenvalue weighted by atomic mass is 16.2. The van der Waals surface area contributed by atoms with Crippen LogP contribution in [0.1, 0.15) is 41.3 Å². The van der Waals surface area contributed by atoms with E-state index in [4.69, 9.17) is 0 Å². The van der Waals surface area contributed by atoms with Crippen molar-refractivity contribution in [1.82, 2.24) is 19.6 Å². The second-order valence-corrected chi connectivity index (χ2v) is 8.30. The minimum absolute atomic E-state index is 0.0507. The van der Waals surface area contributed by atoms with Crippen molar-refractivity contribution in [2.45, 2.75) is 45.2 Å². The van der Waals surface area contributed by atoms with Gasteiger partial charge in [-0.05, 0) is 67.5 Å². The number of pyridine rings is 1. The highest BCUT2D eigenvalue weighted by Gasteiger charge is 2.49. The molecule has 1 fully saturated rings. The van der Waals surface area contributed by atoms with Gasteiger partial charge in [0.2, 0.25) is 0 Å². The molecular weight excluding hydrogens is 380 g/mol. The number of fused-ring (bicyclic) bond motifs is 2. The van der Waals surface area contributed by atoms with Gasteiger partial charge in [0.15, 0.2) is 0 Å². The minimum Gasteiger partial charge on any atom is -0.319 e. The summed E-state index contributed by atoms with van der Waals surface area (Å²) in [5.74, 6) is -0.336. The summed E-state index contributed by atoms with van der Waals surface area (Å²) in [6.45, 7) is 3.60. The molecule has 7 heteroatoms. The number of aromatic nitrogens is 2. The number of nitrogens with zero attached hydrogens (tertiary/aromatic N) is 3. The smallest absolute Gasteiger partial charge is 0.319 e. The van der Waals surface area contributed by atoms with Gasteiger partial charge in [-0.2, -0.15) is 0 Å². The number of carbonyl (C=O) groups excluding carboxylic acids is 2. The molecule has 0 saturated carbocycles. The Morgan fingerprint density at radius 2 is 1.87 bits per heavy atom. The summed E-state index contributed by atoms with van der Waals surface area (Å²) in [6, 6.07) is 10.5. The second kappa shape index (κ2) is 6.52. The van der Waals surface area contributed by atoms with Crippen LogP contribution in [-0.2, 0) is 29.7 Å². The lowest BCUT2D eigenvalue weighted by Crippen LogP contribution is -2.41. The molecule has 1 N–H and O–H groups in total. The number of benzene rings is 1. The van der Waals surface area contributed by atoms with Gasteiger partial charge in [-0.25, -0.2) is 9.78 Å². The fourth-order valence-electron chi connectivity index (χ4n) is 4.42. The molecule has 0 bridgehead atoms. The Morgan fingerprint density at radius 1 is 1.07 bits per heavy atom. The summed E-state index contributed by atoms with van der Waals surface area (Å²) in [7, 11) is 0. The molecule has 1 unspecified atom stereocenters. The summed E-state index contributed by atoms with van der Waals surface area (Å²) in [5.41, 5.74) is 3.81. The van der Waals surface area contributed by atoms with Crippen molar-refractivity contribution >= 4 is 17.6 Å². The molecule has 2 aromatic heterocycles. The number of imide groups is 1. The molecule has 0 spiro atoms. The van der Waals surface area contributed by atoms with E-state index in [0.717, 1.165) is 35.3 Å². The Kier molecular flexibility index (Phi) is 4.03. The molecule has 2 aliphatic rings. The van der Waals surface area contributed by atoms with E-state index in [-0.39, 0.29) is 18.0 Å². The number of urea groups is 1. The zero-order valence-corrected chi connectivity index (χ0v) is 16.9. The first kappa shape index (κ1) is 18.5. The zero-order chi connectivity index (χ0) is 21.0. The van der Waals surface area contributed by atoms with Gasteiger partial charge in [-0.3, -0.25) is 18.9 Å². The van der Waals surface area contributed by atoms with Crippen molar-refractivity contribution < 1.29 is 9.59 Å². The molecule has 3 heterocycles. The largest absolute Gasteiger partial charge is 0.325 e. The Morgan fingerprint density at radius 3 is 2.70 bits per heavy atom. The van der Waals surface area contributed by atoms with E-state index >= 15 is 0 Å². The average Bonchev–Trinajstić information content (AvgIpc) is 3.26. The normalized spacial score (nSPS) is 20.7. The molecule has 1 aliphatic carbocycles. The van der Waals surface area contributed by atoms with E-state index in [0.29, 0.717) is 11.3 Å². The number of rotatable bonds is 3. The van der Waals surface area contributed by atoms with E-state index in [1.165, 1.54) is 21.6 Å². The molecule has 30 heavy (non-hydrogen) atoms. The lowest BCUT2D eigenvalue weighted by atomic mass is 9.89. The van der Waals surface area contributed by atoms with Crippen LogP contribution in [0.15, 0.2) is 47.4 Å². The van der Waals surface area contributed by atoms with Crippen molar-refractivity contribution in [2.75, 3.05) is 0 Å². The molecule has 5 rings (SSSR count). The second-order valence-electron chi connectivity index (χ2n) is 8.30. The van der Waals surface area contributed by atoms with Crippen molar-refractivity contribution in [2.24, 2.45) is 0 Å². The van der Waals surface area contributed by atoms with Gasteiger partial charge in [0.05, 0.1) is 12.2 Å². The summed E-state index contributed by atoms with van der Waals surface area (Å²) < 4.78 is 1.44. The highest BCUT2D eigenvalue weighted by Crippen LogP contribution is 2.33. The number of hydrogen-bond acceptors (Lipinski definition) is 4. The van der Waals surface area contributed by atoms with Crippen LogP contribution in [0.5, 0.6) is 0 Å². The molecule has 3 aromatic rings. The van der Waals surface area contributed by atoms with E-state index < -0.39 is 11.6 Å². The molecule has 152 valence electrons. The lowest BCUT2D eigenvalue weighted by Gasteiger charge is -2.23. The number of carbonyl (C=O) groups is 2. The third-order valence-corrected chi connectivity index (χ3v) is 6.15. The van der Waals surface area contributed by atoms with Gasteiger partial charge < -0.3 is 5.32 Å². The average molecular weight is 402 g/mol. The van der Waals surface area contributed by atoms with Crippen LogP contribution in [0.3, 0.4) is 0 Å². The molecule has 1 aromatic carbocycles. The Hall–Kier alpha value is -3.48. The summed E-state index contributed by atoms with van der Waals surface area (Å²) in [4.78, 5) is 44.0. The topological polar surface area (TPSA) is 83.8 Å². The van der Waals surface area contributed by atoms with Gasteiger partial charge in [0.1, 0.15) is 11.2 Å². The first-order valence-corrected chi connectivity index (χ1v) is 10.1. The molecule has 1 aliphatic heterocycles. The molecule has 7 nitrogen and oxygen atoms in total. The number of aryl methyl sites for hydroxylation is 3. The third-order valence-electron chi connectivity index (χ3n) is 6.15. The van der Waals surface area contributed by atoms with E-state index in [1.54, 1.807) is 19.2 Å². The standard InChI is InChI=1S/C23H22N4O3/c1-14-8-9-26-19(10-14)24-18(12-20(26)28)13-27-21(29)23(2,25-22(27)30)17-7-6-15-4-3-5-16(15)11-17/h6-12H,3-5,13H2,1-2H3,(H,25,30). The summed E-state index contributed by atoms with van der Waals surface area (Å²) in [5, 5.41) is 2.85. The van der Waals surface area contributed by atoms with Gasteiger partial charge in [0, 0.05) is 12.3 Å². The van der Waals surface area contributed by atoms with Gasteiger partial charge in [-0.1, -0.05) is 18.2 Å². The summed E-state index contributed by atoms with van der Waals surface area (Å²) in [6.07, 6.45) is 4.84. The monoisotopic (exact) mass is 402 g/mol. The first-order chi connectivity index (χ1) is 14.3. The van der Waals surface area contributed by atoms with Gasteiger partial charge >= 0.3 is 6.03 Å². The Labute approximate surface area is 173 Å². The first-order valence-electron chi connectivity index (χ1n) is 10.1. The van der Waals surface area contributed by atoms with Crippen LogP contribution in [0.4, 0.5) is 4.79 Å². The van der Waals surface area contributed by atoms with Crippen LogP contribution in [0, 0.1) is 6.92 Å². The lowest BCUT2D eigenvalue weighted by molar-refractivity contribution is -0.131. The Bertz CT molecular complexity index is 1280. The molecule has 1 saturated heterocycles. The van der Waals surface area contributed by atoms with Crippen LogP contribution in [0.2, 0.25) is 0 Å². The molecule has 1 atom stereocenters. The van der Waals surface area contributed by atoms with E-state index in [1.807, 2.05) is 25.1 Å². The number of amides is 3. The van der Waals surface area contributed by atoms with Crippen molar-refractivity contribution in [3.8, 4) is 0 Å². The van der Waals surface area contributed by atoms with Crippen molar-refractivity contribution in [3.63, 3.8) is 0 Å². The van der Waals surface area contributed by atoms with Crippen LogP contribution in [0.25, 0.3) is 5.65 Å². The van der Waals surface area contributed by atoms with Crippen LogP contribution >= 0.6 is 0 Å². The number of nitrogens with one attached hydrogen (secondary N) is 1. The van der Waals surface area contributed by atoms with Crippen LogP contribution in [-0.4, -0.2) is 26.2 Å². The minimum atomic E-state index is -1.13. The van der Waals surface area contributed by atoms with Gasteiger partial charge in [0.25, 0.3) is 11.5 Å². The van der Waals surface area contributed by atoms with Crippen molar-refractivity contribution in [3.05, 3.63) is 80.9 Å².